The fraction of sp³-hybridized carbons (Fsp3) is 0.333. The number of nitrogens with one attached hydrogen (secondary N) is 1. The van der Waals surface area contributed by atoms with Crippen LogP contribution < -0.4 is 10.1 Å². The number of rotatable bonds is 7. The maximum Gasteiger partial charge on any atom is 0.260 e. The smallest absolute Gasteiger partial charge is 0.260 e. The van der Waals surface area contributed by atoms with Crippen LogP contribution >= 0.6 is 0 Å². The van der Waals surface area contributed by atoms with Crippen LogP contribution in [0.5, 0.6) is 5.75 Å². The van der Waals surface area contributed by atoms with Gasteiger partial charge in [-0.3, -0.25) is 9.59 Å². The van der Waals surface area contributed by atoms with Crippen LogP contribution in [0.25, 0.3) is 0 Å². The Morgan fingerprint density at radius 2 is 1.50 bits per heavy atom. The fourth-order valence-electron chi connectivity index (χ4n) is 2.82. The van der Waals surface area contributed by atoms with Gasteiger partial charge in [-0.15, -0.1) is 0 Å². The van der Waals surface area contributed by atoms with E-state index in [9.17, 15) is 9.59 Å². The van der Waals surface area contributed by atoms with Gasteiger partial charge in [0.25, 0.3) is 11.8 Å². The molecule has 2 amide bonds. The summed E-state index contributed by atoms with van der Waals surface area (Å²) in [5, 5.41) is 2.83. The third-order valence-corrected chi connectivity index (χ3v) is 3.91. The molecule has 0 radical (unpaired) electrons. The third kappa shape index (κ3) is 5.34. The molecule has 0 unspecified atom stereocenters. The molecule has 5 nitrogen and oxygen atoms in total. The number of nitrogens with zero attached hydrogens (tertiary/aromatic N) is 1. The Bertz CT molecular complexity index is 717. The van der Waals surface area contributed by atoms with Gasteiger partial charge in [0.1, 0.15) is 5.75 Å². The maximum absolute atomic E-state index is 12.3. The van der Waals surface area contributed by atoms with Crippen molar-refractivity contribution in [3.8, 4) is 5.75 Å². The number of benzene rings is 2. The Morgan fingerprint density at radius 3 is 2.04 bits per heavy atom. The zero-order valence-corrected chi connectivity index (χ0v) is 15.7. The van der Waals surface area contributed by atoms with Crippen LogP contribution in [0.1, 0.15) is 38.1 Å². The largest absolute Gasteiger partial charge is 0.484 e. The van der Waals surface area contributed by atoms with Gasteiger partial charge in [0, 0.05) is 23.3 Å². The molecule has 138 valence electrons. The minimum Gasteiger partial charge on any atom is -0.484 e. The summed E-state index contributed by atoms with van der Waals surface area (Å²) in [4.78, 5) is 26.2. The molecule has 1 N–H and O–H groups in total. The van der Waals surface area contributed by atoms with Gasteiger partial charge in [-0.2, -0.15) is 0 Å². The molecule has 0 bridgehead atoms. The Labute approximate surface area is 155 Å². The van der Waals surface area contributed by atoms with Crippen LogP contribution in [0.2, 0.25) is 0 Å². The van der Waals surface area contributed by atoms with Crippen molar-refractivity contribution in [1.82, 2.24) is 4.90 Å². The predicted molar refractivity (Wildman–Crippen MR) is 103 cm³/mol. The number of carbonyl (C=O) groups excluding carboxylic acids is 2. The normalized spacial score (nSPS) is 10.7. The first-order valence-electron chi connectivity index (χ1n) is 8.79. The molecular weight excluding hydrogens is 328 g/mol. The summed E-state index contributed by atoms with van der Waals surface area (Å²) < 4.78 is 5.59. The summed E-state index contributed by atoms with van der Waals surface area (Å²) in [5.74, 6) is 0.374. The SMILES string of the molecule is CC(C)N(C(=O)COc1ccc(NC(=O)c2ccccc2)cc1)C(C)C. The molecule has 2 aromatic rings. The zero-order chi connectivity index (χ0) is 19.1. The first-order valence-corrected chi connectivity index (χ1v) is 8.79. The lowest BCUT2D eigenvalue weighted by Crippen LogP contribution is -2.44. The Balaban J connectivity index is 1.91. The molecule has 0 saturated heterocycles. The first-order chi connectivity index (χ1) is 12.4. The highest BCUT2D eigenvalue weighted by Gasteiger charge is 2.20. The topological polar surface area (TPSA) is 58.6 Å². The molecule has 2 rings (SSSR count). The Hall–Kier alpha value is -2.82. The molecule has 0 saturated carbocycles. The Morgan fingerprint density at radius 1 is 0.923 bits per heavy atom. The molecule has 0 aromatic heterocycles. The van der Waals surface area contributed by atoms with E-state index in [1.165, 1.54) is 0 Å². The van der Waals surface area contributed by atoms with Crippen molar-refractivity contribution < 1.29 is 14.3 Å². The van der Waals surface area contributed by atoms with E-state index in [2.05, 4.69) is 5.32 Å². The minimum absolute atomic E-state index is 0.00786. The highest BCUT2D eigenvalue weighted by atomic mass is 16.5. The molecule has 0 aliphatic rings. The van der Waals surface area contributed by atoms with Gasteiger partial charge in [0.2, 0.25) is 0 Å². The zero-order valence-electron chi connectivity index (χ0n) is 15.7. The van der Waals surface area contributed by atoms with Crippen molar-refractivity contribution in [3.63, 3.8) is 0 Å². The number of amides is 2. The number of anilines is 1. The van der Waals surface area contributed by atoms with Crippen LogP contribution in [0.4, 0.5) is 5.69 Å². The van der Waals surface area contributed by atoms with Gasteiger partial charge in [-0.05, 0) is 64.1 Å². The van der Waals surface area contributed by atoms with Gasteiger partial charge < -0.3 is 15.0 Å². The van der Waals surface area contributed by atoms with E-state index in [0.29, 0.717) is 17.0 Å². The number of ether oxygens (including phenoxy) is 1. The van der Waals surface area contributed by atoms with Gasteiger partial charge in [-0.1, -0.05) is 18.2 Å². The second kappa shape index (κ2) is 9.04. The van der Waals surface area contributed by atoms with Gasteiger partial charge in [-0.25, -0.2) is 0 Å². The molecule has 0 aliphatic heterocycles. The molecule has 2 aromatic carbocycles. The molecule has 0 atom stereocenters. The quantitative estimate of drug-likeness (QED) is 0.819. The van der Waals surface area contributed by atoms with Crippen molar-refractivity contribution in [2.24, 2.45) is 0 Å². The second-order valence-corrected chi connectivity index (χ2v) is 6.62. The van der Waals surface area contributed by atoms with E-state index in [-0.39, 0.29) is 30.5 Å². The van der Waals surface area contributed by atoms with Crippen LogP contribution in [0, 0.1) is 0 Å². The summed E-state index contributed by atoms with van der Waals surface area (Å²) in [6, 6.07) is 16.3. The minimum atomic E-state index is -0.168. The van der Waals surface area contributed by atoms with Crippen molar-refractivity contribution in [1.29, 1.82) is 0 Å². The summed E-state index contributed by atoms with van der Waals surface area (Å²) >= 11 is 0. The monoisotopic (exact) mass is 354 g/mol. The lowest BCUT2D eigenvalue weighted by molar-refractivity contribution is -0.136. The van der Waals surface area contributed by atoms with Crippen LogP contribution in [-0.4, -0.2) is 35.4 Å². The third-order valence-electron chi connectivity index (χ3n) is 3.91. The van der Waals surface area contributed by atoms with E-state index in [1.54, 1.807) is 41.3 Å². The van der Waals surface area contributed by atoms with Crippen molar-refractivity contribution in [3.05, 3.63) is 60.2 Å². The molecule has 0 aliphatic carbocycles. The average molecular weight is 354 g/mol. The van der Waals surface area contributed by atoms with Crippen LogP contribution in [0.3, 0.4) is 0 Å². The highest BCUT2D eigenvalue weighted by Crippen LogP contribution is 2.17. The van der Waals surface area contributed by atoms with E-state index >= 15 is 0 Å². The lowest BCUT2D eigenvalue weighted by Gasteiger charge is -2.30. The van der Waals surface area contributed by atoms with Crippen LogP contribution in [-0.2, 0) is 4.79 Å². The van der Waals surface area contributed by atoms with E-state index in [1.807, 2.05) is 45.9 Å². The van der Waals surface area contributed by atoms with Gasteiger partial charge in [0.05, 0.1) is 0 Å². The molecule has 5 heteroatoms. The molecule has 0 heterocycles. The number of hydrogen-bond acceptors (Lipinski definition) is 3. The van der Waals surface area contributed by atoms with E-state index in [0.717, 1.165) is 0 Å². The molecule has 0 spiro atoms. The van der Waals surface area contributed by atoms with Crippen molar-refractivity contribution in [2.75, 3.05) is 11.9 Å². The summed E-state index contributed by atoms with van der Waals surface area (Å²) in [6.45, 7) is 7.94. The predicted octanol–water partition coefficient (Wildman–Crippen LogP) is 3.96. The molecule has 0 fully saturated rings. The maximum atomic E-state index is 12.3. The molecule has 26 heavy (non-hydrogen) atoms. The van der Waals surface area contributed by atoms with Crippen molar-refractivity contribution >= 4 is 17.5 Å². The average Bonchev–Trinajstić information content (AvgIpc) is 2.61. The first kappa shape index (κ1) is 19.5. The number of hydrogen-bond donors (Lipinski definition) is 1. The summed E-state index contributed by atoms with van der Waals surface area (Å²) in [6.07, 6.45) is 0. The fourth-order valence-corrected chi connectivity index (χ4v) is 2.82. The van der Waals surface area contributed by atoms with Crippen LogP contribution in [0.15, 0.2) is 54.6 Å². The summed E-state index contributed by atoms with van der Waals surface area (Å²) in [5.41, 5.74) is 1.27. The summed E-state index contributed by atoms with van der Waals surface area (Å²) in [7, 11) is 0. The van der Waals surface area contributed by atoms with E-state index < -0.39 is 0 Å². The van der Waals surface area contributed by atoms with E-state index in [4.69, 9.17) is 4.74 Å². The Kier molecular flexibility index (Phi) is 6.78. The standard InChI is InChI=1S/C21H26N2O3/c1-15(2)23(16(3)4)20(24)14-26-19-12-10-18(11-13-19)22-21(25)17-8-6-5-7-9-17/h5-13,15-16H,14H2,1-4H3,(H,22,25). The van der Waals surface area contributed by atoms with Gasteiger partial charge in [0.15, 0.2) is 6.61 Å². The molecular formula is C21H26N2O3. The van der Waals surface area contributed by atoms with Gasteiger partial charge >= 0.3 is 0 Å². The lowest BCUT2D eigenvalue weighted by atomic mass is 10.2. The highest BCUT2D eigenvalue weighted by molar-refractivity contribution is 6.04. The van der Waals surface area contributed by atoms with Crippen molar-refractivity contribution in [2.45, 2.75) is 39.8 Å². The number of carbonyl (C=O) groups is 2. The second-order valence-electron chi connectivity index (χ2n) is 6.62.